The van der Waals surface area contributed by atoms with Gasteiger partial charge in [-0.15, -0.1) is 0 Å². The van der Waals surface area contributed by atoms with E-state index in [0.29, 0.717) is 27.2 Å². The van der Waals surface area contributed by atoms with E-state index in [4.69, 9.17) is 27.9 Å². The average Bonchev–Trinajstić information content (AvgIpc) is 2.51. The molecule has 2 amide bonds. The first-order valence-electron chi connectivity index (χ1n) is 6.86. The summed E-state index contributed by atoms with van der Waals surface area (Å²) in [5.74, 6) is -0.869. The highest BCUT2D eigenvalue weighted by molar-refractivity contribution is 9.10. The monoisotopic (exact) mass is 428 g/mol. The lowest BCUT2D eigenvalue weighted by atomic mass is 10.0. The van der Waals surface area contributed by atoms with Crippen LogP contribution in [-0.2, 0) is 9.59 Å². The van der Waals surface area contributed by atoms with E-state index < -0.39 is 17.4 Å². The number of anilines is 2. The van der Waals surface area contributed by atoms with Crippen molar-refractivity contribution in [2.45, 2.75) is 12.5 Å². The molecule has 0 radical (unpaired) electrons. The maximum Gasteiger partial charge on any atom is 0.278 e. The van der Waals surface area contributed by atoms with Gasteiger partial charge < -0.3 is 15.4 Å². The molecule has 0 bridgehead atoms. The Bertz CT molecular complexity index is 859. The van der Waals surface area contributed by atoms with Crippen molar-refractivity contribution in [3.8, 4) is 5.75 Å². The van der Waals surface area contributed by atoms with Crippen molar-refractivity contribution in [1.29, 1.82) is 0 Å². The molecule has 0 aliphatic carbocycles. The highest BCUT2D eigenvalue weighted by atomic mass is 79.9. The van der Waals surface area contributed by atoms with Gasteiger partial charge in [0.25, 0.3) is 17.4 Å². The summed E-state index contributed by atoms with van der Waals surface area (Å²) >= 11 is 15.3. The molecule has 3 rings (SSSR count). The standard InChI is InChI=1S/C16H11BrCl2N2O3/c1-16(14(22)20-11-4-2-8(17)6-10(11)19)15(23)21-12-7-9(18)3-5-13(12)24-16/h2-7H,1H3,(H,20,22)(H,21,23). The van der Waals surface area contributed by atoms with Gasteiger partial charge in [-0.05, 0) is 43.3 Å². The van der Waals surface area contributed by atoms with Crippen LogP contribution in [0.4, 0.5) is 11.4 Å². The Labute approximate surface area is 156 Å². The zero-order chi connectivity index (χ0) is 17.5. The molecule has 0 aromatic heterocycles. The van der Waals surface area contributed by atoms with E-state index in [-0.39, 0.29) is 0 Å². The molecule has 1 aliphatic heterocycles. The second-order valence-electron chi connectivity index (χ2n) is 5.31. The van der Waals surface area contributed by atoms with E-state index in [1.165, 1.54) is 6.92 Å². The molecule has 5 nitrogen and oxygen atoms in total. The first kappa shape index (κ1) is 17.1. The third kappa shape index (κ3) is 3.09. The summed E-state index contributed by atoms with van der Waals surface area (Å²) in [6.07, 6.45) is 0. The summed E-state index contributed by atoms with van der Waals surface area (Å²) < 4.78 is 6.42. The smallest absolute Gasteiger partial charge is 0.278 e. The van der Waals surface area contributed by atoms with Gasteiger partial charge >= 0.3 is 0 Å². The Morgan fingerprint density at radius 3 is 2.71 bits per heavy atom. The largest absolute Gasteiger partial charge is 0.466 e. The van der Waals surface area contributed by atoms with Crippen LogP contribution >= 0.6 is 39.1 Å². The molecule has 1 unspecified atom stereocenters. The van der Waals surface area contributed by atoms with Crippen LogP contribution in [-0.4, -0.2) is 17.4 Å². The number of hydrogen-bond acceptors (Lipinski definition) is 3. The second-order valence-corrected chi connectivity index (χ2v) is 7.07. The molecule has 8 heteroatoms. The fraction of sp³-hybridized carbons (Fsp3) is 0.125. The van der Waals surface area contributed by atoms with Gasteiger partial charge in [0.05, 0.1) is 16.4 Å². The van der Waals surface area contributed by atoms with Gasteiger partial charge in [0.1, 0.15) is 5.75 Å². The molecule has 0 saturated carbocycles. The average molecular weight is 430 g/mol. The Kier molecular flexibility index (Phi) is 4.46. The Morgan fingerprint density at radius 1 is 1.25 bits per heavy atom. The van der Waals surface area contributed by atoms with Crippen molar-refractivity contribution in [1.82, 2.24) is 0 Å². The Balaban J connectivity index is 1.88. The van der Waals surface area contributed by atoms with Gasteiger partial charge in [0.15, 0.2) is 0 Å². The Morgan fingerprint density at radius 2 is 2.00 bits per heavy atom. The molecule has 1 heterocycles. The fourth-order valence-corrected chi connectivity index (χ4v) is 3.07. The van der Waals surface area contributed by atoms with Crippen LogP contribution in [0.25, 0.3) is 0 Å². The van der Waals surface area contributed by atoms with Gasteiger partial charge in [0, 0.05) is 9.50 Å². The number of carbonyl (C=O) groups excluding carboxylic acids is 2. The van der Waals surface area contributed by atoms with Crippen LogP contribution in [0, 0.1) is 0 Å². The van der Waals surface area contributed by atoms with Crippen molar-refractivity contribution in [3.63, 3.8) is 0 Å². The number of rotatable bonds is 2. The predicted molar refractivity (Wildman–Crippen MR) is 96.9 cm³/mol. The topological polar surface area (TPSA) is 67.4 Å². The van der Waals surface area contributed by atoms with Crippen molar-refractivity contribution < 1.29 is 14.3 Å². The molecule has 2 aromatic rings. The molecule has 1 atom stereocenters. The first-order valence-corrected chi connectivity index (χ1v) is 8.41. The van der Waals surface area contributed by atoms with Gasteiger partial charge in [0.2, 0.25) is 0 Å². The summed E-state index contributed by atoms with van der Waals surface area (Å²) in [5.41, 5.74) is -0.944. The molecule has 0 fully saturated rings. The maximum atomic E-state index is 12.6. The fourth-order valence-electron chi connectivity index (χ4n) is 2.18. The van der Waals surface area contributed by atoms with E-state index in [9.17, 15) is 9.59 Å². The lowest BCUT2D eigenvalue weighted by Crippen LogP contribution is -2.56. The third-order valence-electron chi connectivity index (χ3n) is 3.55. The number of hydrogen-bond donors (Lipinski definition) is 2. The minimum atomic E-state index is -1.74. The van der Waals surface area contributed by atoms with Crippen molar-refractivity contribution in [3.05, 3.63) is 50.9 Å². The van der Waals surface area contributed by atoms with E-state index in [1.807, 2.05) is 0 Å². The highest BCUT2D eigenvalue weighted by Gasteiger charge is 2.47. The van der Waals surface area contributed by atoms with Crippen molar-refractivity contribution in [2.75, 3.05) is 10.6 Å². The molecular weight excluding hydrogens is 419 g/mol. The van der Waals surface area contributed by atoms with Crippen LogP contribution in [0.3, 0.4) is 0 Å². The van der Waals surface area contributed by atoms with Crippen molar-refractivity contribution in [2.24, 2.45) is 0 Å². The minimum Gasteiger partial charge on any atom is -0.466 e. The third-order valence-corrected chi connectivity index (χ3v) is 4.59. The van der Waals surface area contributed by atoms with Gasteiger partial charge in [-0.3, -0.25) is 9.59 Å². The second kappa shape index (κ2) is 6.27. The van der Waals surface area contributed by atoms with E-state index in [2.05, 4.69) is 26.6 Å². The van der Waals surface area contributed by atoms with Gasteiger partial charge in [-0.1, -0.05) is 39.1 Å². The van der Waals surface area contributed by atoms with Crippen LogP contribution in [0.1, 0.15) is 6.92 Å². The molecule has 0 spiro atoms. The van der Waals surface area contributed by atoms with E-state index >= 15 is 0 Å². The number of halogens is 3. The van der Waals surface area contributed by atoms with Crippen LogP contribution in [0.15, 0.2) is 40.9 Å². The van der Waals surface area contributed by atoms with Crippen LogP contribution in [0.2, 0.25) is 10.0 Å². The zero-order valence-corrected chi connectivity index (χ0v) is 15.4. The quantitative estimate of drug-likeness (QED) is 0.691. The molecule has 1 aliphatic rings. The van der Waals surface area contributed by atoms with Crippen LogP contribution < -0.4 is 15.4 Å². The molecule has 124 valence electrons. The molecule has 0 saturated heterocycles. The number of benzene rings is 2. The molecule has 2 N–H and O–H groups in total. The van der Waals surface area contributed by atoms with Gasteiger partial charge in [-0.2, -0.15) is 0 Å². The summed E-state index contributed by atoms with van der Waals surface area (Å²) in [7, 11) is 0. The lowest BCUT2D eigenvalue weighted by molar-refractivity contribution is -0.143. The van der Waals surface area contributed by atoms with Crippen LogP contribution in [0.5, 0.6) is 5.75 Å². The van der Waals surface area contributed by atoms with Crippen molar-refractivity contribution >= 4 is 62.3 Å². The summed E-state index contributed by atoms with van der Waals surface area (Å²) in [5, 5.41) is 6.04. The zero-order valence-electron chi connectivity index (χ0n) is 12.3. The number of amides is 2. The summed E-state index contributed by atoms with van der Waals surface area (Å²) in [6.45, 7) is 1.39. The number of ether oxygens (including phenoxy) is 1. The number of fused-ring (bicyclic) bond motifs is 1. The number of carbonyl (C=O) groups is 2. The summed E-state index contributed by atoms with van der Waals surface area (Å²) in [6, 6.07) is 9.75. The lowest BCUT2D eigenvalue weighted by Gasteiger charge is -2.33. The highest BCUT2D eigenvalue weighted by Crippen LogP contribution is 2.36. The number of nitrogens with one attached hydrogen (secondary N) is 2. The normalized spacial score (nSPS) is 19.1. The first-order chi connectivity index (χ1) is 11.3. The molecular formula is C16H11BrCl2N2O3. The Hall–Kier alpha value is -1.76. The SMILES string of the molecule is CC1(C(=O)Nc2ccc(Br)cc2Cl)Oc2ccc(Cl)cc2NC1=O. The minimum absolute atomic E-state index is 0.338. The van der Waals surface area contributed by atoms with E-state index in [0.717, 1.165) is 4.47 Å². The molecule has 24 heavy (non-hydrogen) atoms. The maximum absolute atomic E-state index is 12.6. The molecule has 2 aromatic carbocycles. The van der Waals surface area contributed by atoms with Gasteiger partial charge in [-0.25, -0.2) is 0 Å². The van der Waals surface area contributed by atoms with E-state index in [1.54, 1.807) is 36.4 Å². The summed E-state index contributed by atoms with van der Waals surface area (Å²) in [4.78, 5) is 25.0. The predicted octanol–water partition coefficient (Wildman–Crippen LogP) is 4.48.